The summed E-state index contributed by atoms with van der Waals surface area (Å²) in [5.74, 6) is 0.415. The summed E-state index contributed by atoms with van der Waals surface area (Å²) in [6, 6.07) is 0. The van der Waals surface area contributed by atoms with E-state index in [1.54, 1.807) is 0 Å². The number of alkyl halides is 2. The van der Waals surface area contributed by atoms with E-state index in [0.29, 0.717) is 18.8 Å². The fraction of sp³-hybridized carbons (Fsp3) is 1.00. The van der Waals surface area contributed by atoms with Crippen LogP contribution in [0.1, 0.15) is 73.1 Å². The van der Waals surface area contributed by atoms with Crippen molar-refractivity contribution < 1.29 is 28.3 Å². The van der Waals surface area contributed by atoms with Gasteiger partial charge in [-0.25, -0.2) is 8.78 Å². The molecule has 0 aromatic heterocycles. The Morgan fingerprint density at radius 3 is 1.50 bits per heavy atom. The second-order valence-corrected chi connectivity index (χ2v) is 6.10. The maximum atomic E-state index is 13.3. The first-order valence-corrected chi connectivity index (χ1v) is 8.33. The molecule has 6 heteroatoms. The van der Waals surface area contributed by atoms with Gasteiger partial charge >= 0.3 is 0 Å². The molecule has 0 aromatic carbocycles. The quantitative estimate of drug-likeness (QED) is 0.241. The predicted molar refractivity (Wildman–Crippen MR) is 81.0 cm³/mol. The molecule has 0 aliphatic heterocycles. The highest BCUT2D eigenvalue weighted by molar-refractivity contribution is 4.58. The molecule has 3 unspecified atom stereocenters. The lowest BCUT2D eigenvalue weighted by Gasteiger charge is -2.24. The van der Waals surface area contributed by atoms with Gasteiger partial charge in [0.05, 0.1) is 0 Å². The number of halogens is 2. The van der Waals surface area contributed by atoms with Crippen LogP contribution >= 0.6 is 0 Å². The molecule has 0 spiro atoms. The van der Waals surface area contributed by atoms with Crippen molar-refractivity contribution in [2.45, 2.75) is 92.1 Å². The Bertz CT molecular complexity index is 238. The van der Waals surface area contributed by atoms with Gasteiger partial charge in [0.25, 0.3) is 0 Å². The van der Waals surface area contributed by atoms with E-state index in [-0.39, 0.29) is 18.8 Å². The molecule has 0 N–H and O–H groups in total. The zero-order valence-corrected chi connectivity index (χ0v) is 14.5. The average Bonchev–Trinajstić information content (AvgIpc) is 2.45. The number of hydrogen-bond donors (Lipinski definition) is 0. The second-order valence-electron chi connectivity index (χ2n) is 6.10. The van der Waals surface area contributed by atoms with Crippen LogP contribution in [-0.2, 0) is 19.6 Å². The van der Waals surface area contributed by atoms with Crippen LogP contribution in [0.15, 0.2) is 0 Å². The van der Waals surface area contributed by atoms with E-state index in [1.165, 1.54) is 0 Å². The maximum absolute atomic E-state index is 13.3. The van der Waals surface area contributed by atoms with Crippen LogP contribution in [0.25, 0.3) is 0 Å². The third-order valence-corrected chi connectivity index (χ3v) is 3.20. The predicted octanol–water partition coefficient (Wildman–Crippen LogP) is 5.47. The van der Waals surface area contributed by atoms with E-state index in [9.17, 15) is 8.78 Å². The van der Waals surface area contributed by atoms with Crippen LogP contribution in [-0.4, -0.2) is 19.0 Å². The van der Waals surface area contributed by atoms with Crippen LogP contribution in [0.5, 0.6) is 0 Å². The normalized spacial score (nSPS) is 17.5. The lowest BCUT2D eigenvalue weighted by Crippen LogP contribution is -2.29. The third-order valence-electron chi connectivity index (χ3n) is 3.20. The zero-order chi connectivity index (χ0) is 17.0. The molecule has 4 nitrogen and oxygen atoms in total. The molecule has 0 heterocycles. The molecule has 22 heavy (non-hydrogen) atoms. The average molecular weight is 326 g/mol. The van der Waals surface area contributed by atoms with Crippen molar-refractivity contribution in [1.82, 2.24) is 0 Å². The number of rotatable bonds is 14. The van der Waals surface area contributed by atoms with E-state index in [0.717, 1.165) is 12.8 Å². The standard InChI is InChI=1S/C16H32F2O4/c1-6-8-14(17)19-21-16(13(5)11-10-12(3)4)22-20-15(18)9-7-2/h12-16H,6-11H2,1-5H3. The number of hydrogen-bond acceptors (Lipinski definition) is 4. The minimum atomic E-state index is -1.52. The van der Waals surface area contributed by atoms with Crippen molar-refractivity contribution in [2.75, 3.05) is 0 Å². The van der Waals surface area contributed by atoms with Crippen LogP contribution in [0.2, 0.25) is 0 Å². The van der Waals surface area contributed by atoms with Crippen molar-refractivity contribution in [2.24, 2.45) is 11.8 Å². The van der Waals surface area contributed by atoms with Crippen molar-refractivity contribution in [1.29, 1.82) is 0 Å². The van der Waals surface area contributed by atoms with E-state index in [1.807, 2.05) is 20.8 Å². The fourth-order valence-corrected chi connectivity index (χ4v) is 1.72. The molecule has 0 rings (SSSR count). The van der Waals surface area contributed by atoms with E-state index in [2.05, 4.69) is 23.6 Å². The first-order valence-electron chi connectivity index (χ1n) is 8.33. The van der Waals surface area contributed by atoms with Gasteiger partial charge in [0, 0.05) is 18.8 Å². The molecule has 0 fully saturated rings. The molecule has 3 atom stereocenters. The highest BCUT2D eigenvalue weighted by Crippen LogP contribution is 2.21. The molecule has 0 amide bonds. The summed E-state index contributed by atoms with van der Waals surface area (Å²) in [6.07, 6.45) is -0.529. The van der Waals surface area contributed by atoms with E-state index >= 15 is 0 Å². The maximum Gasteiger partial charge on any atom is 0.231 e. The van der Waals surface area contributed by atoms with Gasteiger partial charge in [-0.2, -0.15) is 19.6 Å². The minimum Gasteiger partial charge on any atom is -0.213 e. The molecule has 134 valence electrons. The molecule has 0 aliphatic rings. The molecule has 0 saturated heterocycles. The van der Waals surface area contributed by atoms with Gasteiger partial charge < -0.3 is 0 Å². The summed E-state index contributed by atoms with van der Waals surface area (Å²) < 4.78 is 26.7. The molecule has 0 radical (unpaired) electrons. The largest absolute Gasteiger partial charge is 0.231 e. The minimum absolute atomic E-state index is 0.106. The Labute approximate surface area is 133 Å². The van der Waals surface area contributed by atoms with Gasteiger partial charge in [-0.05, 0) is 12.3 Å². The van der Waals surface area contributed by atoms with Crippen LogP contribution < -0.4 is 0 Å². The Hall–Kier alpha value is -0.300. The Kier molecular flexibility index (Phi) is 13.0. The summed E-state index contributed by atoms with van der Waals surface area (Å²) in [7, 11) is 0. The van der Waals surface area contributed by atoms with Gasteiger partial charge in [0.2, 0.25) is 19.0 Å². The van der Waals surface area contributed by atoms with Crippen LogP contribution in [0, 0.1) is 11.8 Å². The van der Waals surface area contributed by atoms with Gasteiger partial charge in [0.1, 0.15) is 0 Å². The van der Waals surface area contributed by atoms with Crippen molar-refractivity contribution in [3.8, 4) is 0 Å². The summed E-state index contributed by atoms with van der Waals surface area (Å²) in [4.78, 5) is 19.3. The lowest BCUT2D eigenvalue weighted by atomic mass is 9.99. The van der Waals surface area contributed by atoms with Crippen molar-refractivity contribution in [3.63, 3.8) is 0 Å². The molecular formula is C16H32F2O4. The van der Waals surface area contributed by atoms with E-state index in [4.69, 9.17) is 9.78 Å². The highest BCUT2D eigenvalue weighted by Gasteiger charge is 2.24. The van der Waals surface area contributed by atoms with E-state index < -0.39 is 19.0 Å². The summed E-state index contributed by atoms with van der Waals surface area (Å²) in [6.45, 7) is 9.77. The summed E-state index contributed by atoms with van der Waals surface area (Å²) in [5.41, 5.74) is 0. The zero-order valence-electron chi connectivity index (χ0n) is 14.5. The molecule has 0 bridgehead atoms. The first-order chi connectivity index (χ1) is 10.4. The molecule has 0 aliphatic carbocycles. The Morgan fingerprint density at radius 1 is 0.682 bits per heavy atom. The fourth-order valence-electron chi connectivity index (χ4n) is 1.72. The van der Waals surface area contributed by atoms with Gasteiger partial charge in [0.15, 0.2) is 0 Å². The molecule has 0 aromatic rings. The third kappa shape index (κ3) is 11.3. The first kappa shape index (κ1) is 21.7. The monoisotopic (exact) mass is 326 g/mol. The Morgan fingerprint density at radius 2 is 1.14 bits per heavy atom. The van der Waals surface area contributed by atoms with Gasteiger partial charge in [-0.1, -0.05) is 53.9 Å². The van der Waals surface area contributed by atoms with Crippen molar-refractivity contribution in [3.05, 3.63) is 0 Å². The second kappa shape index (κ2) is 13.2. The van der Waals surface area contributed by atoms with Gasteiger partial charge in [-0.3, -0.25) is 0 Å². The smallest absolute Gasteiger partial charge is 0.213 e. The molecular weight excluding hydrogens is 294 g/mol. The lowest BCUT2D eigenvalue weighted by molar-refractivity contribution is -0.505. The van der Waals surface area contributed by atoms with Gasteiger partial charge in [-0.15, -0.1) is 0 Å². The van der Waals surface area contributed by atoms with Crippen LogP contribution in [0.3, 0.4) is 0 Å². The Balaban J connectivity index is 4.34. The topological polar surface area (TPSA) is 36.9 Å². The summed E-state index contributed by atoms with van der Waals surface area (Å²) >= 11 is 0. The molecule has 0 saturated carbocycles. The van der Waals surface area contributed by atoms with Crippen molar-refractivity contribution >= 4 is 0 Å². The summed E-state index contributed by atoms with van der Waals surface area (Å²) in [5, 5.41) is 0. The SMILES string of the molecule is CCCC(F)OOC(OOC(F)CCC)C(C)CCC(C)C. The highest BCUT2D eigenvalue weighted by atomic mass is 19.2. The van der Waals surface area contributed by atoms with Crippen LogP contribution in [0.4, 0.5) is 8.78 Å².